The normalized spacial score (nSPS) is 27.5. The van der Waals surface area contributed by atoms with E-state index in [2.05, 4.69) is 4.90 Å². The third-order valence-electron chi connectivity index (χ3n) is 5.89. The van der Waals surface area contributed by atoms with E-state index >= 15 is 0 Å². The molecule has 5 heteroatoms. The van der Waals surface area contributed by atoms with Gasteiger partial charge in [-0.25, -0.2) is 0 Å². The predicted octanol–water partition coefficient (Wildman–Crippen LogP) is 2.94. The predicted molar refractivity (Wildman–Crippen MR) is 101 cm³/mol. The Morgan fingerprint density at radius 1 is 0.923 bits per heavy atom. The molecule has 2 saturated heterocycles. The van der Waals surface area contributed by atoms with Crippen LogP contribution in [0.25, 0.3) is 0 Å². The number of likely N-dealkylation sites (tertiary alicyclic amines) is 1. The first-order chi connectivity index (χ1) is 12.8. The molecule has 0 unspecified atom stereocenters. The zero-order chi connectivity index (χ0) is 17.8. The molecule has 0 bridgehead atoms. The number of carbonyl (C=O) groups is 1. The lowest BCUT2D eigenvalue weighted by Crippen LogP contribution is -2.50. The number of amides is 1. The Morgan fingerprint density at radius 2 is 1.69 bits per heavy atom. The number of piperidine rings is 1. The Hall–Kier alpha value is -1.59. The highest BCUT2D eigenvalue weighted by molar-refractivity contribution is 5.94. The van der Waals surface area contributed by atoms with Crippen LogP contribution >= 0.6 is 0 Å². The maximum atomic E-state index is 12.6. The SMILES string of the molecule is O=C(c1ccc(OC2CC(N3CCCCC3)C2)cc1)N1CCCOCC1. The summed E-state index contributed by atoms with van der Waals surface area (Å²) in [5.41, 5.74) is 0.735. The molecule has 1 aromatic rings. The lowest BCUT2D eigenvalue weighted by Gasteiger charge is -2.44. The summed E-state index contributed by atoms with van der Waals surface area (Å²) >= 11 is 0. The smallest absolute Gasteiger partial charge is 0.253 e. The molecule has 1 aromatic carbocycles. The number of hydrogen-bond donors (Lipinski definition) is 0. The second-order valence-electron chi connectivity index (χ2n) is 7.74. The molecular formula is C21H30N2O3. The van der Waals surface area contributed by atoms with E-state index in [4.69, 9.17) is 9.47 Å². The van der Waals surface area contributed by atoms with Crippen LogP contribution in [0.1, 0.15) is 48.9 Å². The number of ether oxygens (including phenoxy) is 2. The average molecular weight is 358 g/mol. The molecule has 0 radical (unpaired) electrons. The van der Waals surface area contributed by atoms with E-state index in [1.165, 1.54) is 32.4 Å². The van der Waals surface area contributed by atoms with Crippen LogP contribution in [0, 0.1) is 0 Å². The van der Waals surface area contributed by atoms with Gasteiger partial charge in [-0.05, 0) is 56.6 Å². The van der Waals surface area contributed by atoms with Gasteiger partial charge in [0, 0.05) is 44.1 Å². The van der Waals surface area contributed by atoms with Crippen molar-refractivity contribution in [3.05, 3.63) is 29.8 Å². The van der Waals surface area contributed by atoms with Crippen LogP contribution in [0.5, 0.6) is 5.75 Å². The van der Waals surface area contributed by atoms with Crippen molar-refractivity contribution in [2.45, 2.75) is 50.7 Å². The largest absolute Gasteiger partial charge is 0.490 e. The van der Waals surface area contributed by atoms with Gasteiger partial charge in [0.15, 0.2) is 0 Å². The van der Waals surface area contributed by atoms with Crippen molar-refractivity contribution in [3.63, 3.8) is 0 Å². The molecule has 0 aromatic heterocycles. The van der Waals surface area contributed by atoms with E-state index < -0.39 is 0 Å². The molecule has 2 aliphatic heterocycles. The molecule has 142 valence electrons. The van der Waals surface area contributed by atoms with Crippen molar-refractivity contribution >= 4 is 5.91 Å². The second kappa shape index (κ2) is 8.40. The quantitative estimate of drug-likeness (QED) is 0.830. The van der Waals surface area contributed by atoms with Crippen LogP contribution in [0.4, 0.5) is 0 Å². The summed E-state index contributed by atoms with van der Waals surface area (Å²) in [5, 5.41) is 0. The van der Waals surface area contributed by atoms with Crippen molar-refractivity contribution in [2.75, 3.05) is 39.4 Å². The molecular weight excluding hydrogens is 328 g/mol. The van der Waals surface area contributed by atoms with Crippen molar-refractivity contribution in [3.8, 4) is 5.75 Å². The van der Waals surface area contributed by atoms with E-state index in [0.717, 1.165) is 43.7 Å². The van der Waals surface area contributed by atoms with Crippen molar-refractivity contribution in [1.82, 2.24) is 9.80 Å². The molecule has 5 nitrogen and oxygen atoms in total. The molecule has 4 rings (SSSR count). The molecule has 2 heterocycles. The average Bonchev–Trinajstić information content (AvgIpc) is 2.94. The Kier molecular flexibility index (Phi) is 5.75. The highest BCUT2D eigenvalue weighted by Crippen LogP contribution is 2.31. The third-order valence-corrected chi connectivity index (χ3v) is 5.89. The molecule has 1 aliphatic carbocycles. The summed E-state index contributed by atoms with van der Waals surface area (Å²) in [4.78, 5) is 17.1. The van der Waals surface area contributed by atoms with E-state index in [1.807, 2.05) is 29.2 Å². The number of rotatable bonds is 4. The summed E-state index contributed by atoms with van der Waals surface area (Å²) in [6.07, 6.45) is 7.58. The molecule has 26 heavy (non-hydrogen) atoms. The Morgan fingerprint density at radius 3 is 2.46 bits per heavy atom. The first-order valence-corrected chi connectivity index (χ1v) is 10.2. The summed E-state index contributed by atoms with van der Waals surface area (Å²) in [6, 6.07) is 8.38. The van der Waals surface area contributed by atoms with Crippen LogP contribution in [-0.2, 0) is 4.74 Å². The van der Waals surface area contributed by atoms with E-state index in [0.29, 0.717) is 25.3 Å². The Balaban J connectivity index is 1.26. The molecule has 0 N–H and O–H groups in total. The third kappa shape index (κ3) is 4.21. The van der Waals surface area contributed by atoms with E-state index in [9.17, 15) is 4.79 Å². The number of hydrogen-bond acceptors (Lipinski definition) is 4. The first kappa shape index (κ1) is 17.8. The van der Waals surface area contributed by atoms with Crippen LogP contribution < -0.4 is 4.74 Å². The van der Waals surface area contributed by atoms with Crippen LogP contribution in [0.15, 0.2) is 24.3 Å². The van der Waals surface area contributed by atoms with Gasteiger partial charge in [0.2, 0.25) is 0 Å². The minimum Gasteiger partial charge on any atom is -0.490 e. The Bertz CT molecular complexity index is 584. The topological polar surface area (TPSA) is 42.0 Å². The lowest BCUT2D eigenvalue weighted by molar-refractivity contribution is 0.00892. The first-order valence-electron chi connectivity index (χ1n) is 10.2. The van der Waals surface area contributed by atoms with Gasteiger partial charge in [0.05, 0.1) is 6.61 Å². The van der Waals surface area contributed by atoms with E-state index in [-0.39, 0.29) is 5.91 Å². The van der Waals surface area contributed by atoms with Crippen LogP contribution in [-0.4, -0.2) is 67.2 Å². The van der Waals surface area contributed by atoms with Gasteiger partial charge in [-0.15, -0.1) is 0 Å². The molecule has 0 atom stereocenters. The van der Waals surface area contributed by atoms with Gasteiger partial charge in [0.25, 0.3) is 5.91 Å². The highest BCUT2D eigenvalue weighted by Gasteiger charge is 2.35. The summed E-state index contributed by atoms with van der Waals surface area (Å²) in [6.45, 7) is 5.35. The highest BCUT2D eigenvalue weighted by atomic mass is 16.5. The maximum absolute atomic E-state index is 12.6. The van der Waals surface area contributed by atoms with Gasteiger partial charge >= 0.3 is 0 Å². The fraction of sp³-hybridized carbons (Fsp3) is 0.667. The van der Waals surface area contributed by atoms with Gasteiger partial charge in [-0.3, -0.25) is 4.79 Å². The number of benzene rings is 1. The van der Waals surface area contributed by atoms with Crippen LogP contribution in [0.2, 0.25) is 0 Å². The fourth-order valence-electron chi connectivity index (χ4n) is 4.22. The summed E-state index contributed by atoms with van der Waals surface area (Å²) < 4.78 is 11.5. The maximum Gasteiger partial charge on any atom is 0.253 e. The summed E-state index contributed by atoms with van der Waals surface area (Å²) in [5.74, 6) is 0.971. The van der Waals surface area contributed by atoms with Gasteiger partial charge in [-0.1, -0.05) is 6.42 Å². The van der Waals surface area contributed by atoms with Gasteiger partial charge in [0.1, 0.15) is 11.9 Å². The zero-order valence-electron chi connectivity index (χ0n) is 15.6. The molecule has 3 aliphatic rings. The monoisotopic (exact) mass is 358 g/mol. The number of nitrogens with zero attached hydrogens (tertiary/aromatic N) is 2. The standard InChI is InChI=1S/C21H30N2O3/c24-21(23-11-4-13-25-14-12-23)17-5-7-19(8-6-17)26-20-15-18(16-20)22-9-2-1-3-10-22/h5-8,18,20H,1-4,9-16H2. The van der Waals surface area contributed by atoms with Gasteiger partial charge < -0.3 is 19.3 Å². The van der Waals surface area contributed by atoms with Crippen molar-refractivity contribution < 1.29 is 14.3 Å². The Labute approximate surface area is 156 Å². The van der Waals surface area contributed by atoms with Crippen molar-refractivity contribution in [2.24, 2.45) is 0 Å². The molecule has 1 amide bonds. The van der Waals surface area contributed by atoms with Gasteiger partial charge in [-0.2, -0.15) is 0 Å². The molecule has 3 fully saturated rings. The van der Waals surface area contributed by atoms with E-state index in [1.54, 1.807) is 0 Å². The minimum atomic E-state index is 0.0934. The molecule has 0 spiro atoms. The van der Waals surface area contributed by atoms with Crippen LogP contribution in [0.3, 0.4) is 0 Å². The minimum absolute atomic E-state index is 0.0934. The molecule has 1 saturated carbocycles. The second-order valence-corrected chi connectivity index (χ2v) is 7.74. The fourth-order valence-corrected chi connectivity index (χ4v) is 4.22. The zero-order valence-corrected chi connectivity index (χ0v) is 15.6. The summed E-state index contributed by atoms with van der Waals surface area (Å²) in [7, 11) is 0. The lowest BCUT2D eigenvalue weighted by atomic mass is 9.86. The van der Waals surface area contributed by atoms with Crippen molar-refractivity contribution in [1.29, 1.82) is 0 Å². The number of carbonyl (C=O) groups excluding carboxylic acids is 1.